The van der Waals surface area contributed by atoms with Crippen LogP contribution in [0.2, 0.25) is 0 Å². The van der Waals surface area contributed by atoms with Gasteiger partial charge in [0.1, 0.15) is 0 Å². The molecule has 1 heterocycles. The maximum Gasteiger partial charge on any atom is 0.0286 e. The van der Waals surface area contributed by atoms with Crippen molar-refractivity contribution in [3.63, 3.8) is 0 Å². The fourth-order valence-corrected chi connectivity index (χ4v) is 4.03. The van der Waals surface area contributed by atoms with Crippen LogP contribution in [0.1, 0.15) is 71.1 Å². The van der Waals surface area contributed by atoms with Gasteiger partial charge in [-0.15, -0.1) is 12.4 Å². The molecule has 1 aliphatic heterocycles. The molecule has 2 nitrogen and oxygen atoms in total. The molecule has 2 fully saturated rings. The first kappa shape index (κ1) is 17.3. The first-order chi connectivity index (χ1) is 8.74. The summed E-state index contributed by atoms with van der Waals surface area (Å²) in [5.41, 5.74) is 0. The van der Waals surface area contributed by atoms with Gasteiger partial charge in [0.2, 0.25) is 0 Å². The van der Waals surface area contributed by atoms with E-state index >= 15 is 0 Å². The molecule has 0 N–H and O–H groups in total. The van der Waals surface area contributed by atoms with Crippen LogP contribution in [0.3, 0.4) is 0 Å². The van der Waals surface area contributed by atoms with Crippen molar-refractivity contribution in [3.8, 4) is 0 Å². The van der Waals surface area contributed by atoms with Crippen LogP contribution in [0.25, 0.3) is 0 Å². The fourth-order valence-electron chi connectivity index (χ4n) is 4.03. The first-order valence-electron chi connectivity index (χ1n) is 8.19. The molecule has 2 unspecified atom stereocenters. The van der Waals surface area contributed by atoms with E-state index in [1.807, 2.05) is 0 Å². The van der Waals surface area contributed by atoms with Gasteiger partial charge in [-0.25, -0.2) is 10.0 Å². The van der Waals surface area contributed by atoms with Gasteiger partial charge >= 0.3 is 0 Å². The number of hydrazine groups is 1. The van der Waals surface area contributed by atoms with Crippen LogP contribution in [0, 0.1) is 5.92 Å². The Morgan fingerprint density at radius 1 is 0.947 bits per heavy atom. The molecule has 2 atom stereocenters. The lowest BCUT2D eigenvalue weighted by Gasteiger charge is -2.34. The molecule has 2 aliphatic rings. The summed E-state index contributed by atoms with van der Waals surface area (Å²) in [7, 11) is 4.62. The largest absolute Gasteiger partial charge is 0.242 e. The van der Waals surface area contributed by atoms with Crippen LogP contribution in [0.4, 0.5) is 0 Å². The average molecular weight is 289 g/mol. The zero-order valence-electron chi connectivity index (χ0n) is 13.1. The van der Waals surface area contributed by atoms with E-state index in [1.54, 1.807) is 0 Å². The molecule has 0 amide bonds. The summed E-state index contributed by atoms with van der Waals surface area (Å²) in [6.45, 7) is 2.30. The summed E-state index contributed by atoms with van der Waals surface area (Å²) in [5.74, 6) is 0.974. The Morgan fingerprint density at radius 2 is 1.63 bits per heavy atom. The van der Waals surface area contributed by atoms with E-state index < -0.39 is 0 Å². The normalized spacial score (nSPS) is 30.5. The van der Waals surface area contributed by atoms with Gasteiger partial charge in [-0.2, -0.15) is 0 Å². The molecule has 1 saturated carbocycles. The van der Waals surface area contributed by atoms with E-state index in [0.29, 0.717) is 0 Å². The molecule has 0 spiro atoms. The molecule has 2 rings (SSSR count). The molecule has 0 aromatic rings. The Labute approximate surface area is 126 Å². The van der Waals surface area contributed by atoms with Crippen LogP contribution < -0.4 is 0 Å². The zero-order chi connectivity index (χ0) is 13.0. The summed E-state index contributed by atoms with van der Waals surface area (Å²) >= 11 is 0. The van der Waals surface area contributed by atoms with Crippen molar-refractivity contribution >= 4 is 12.4 Å². The summed E-state index contributed by atoms with van der Waals surface area (Å²) < 4.78 is 0. The average Bonchev–Trinajstić information content (AvgIpc) is 2.68. The standard InChI is InChI=1S/C16H32N2.ClH/c1-4-5-7-12-15-13-16(18(3)17(15)2)14-10-8-6-9-11-14;/h14-16H,4-13H2,1-3H3;1H. The van der Waals surface area contributed by atoms with E-state index in [9.17, 15) is 0 Å². The molecule has 3 heteroatoms. The van der Waals surface area contributed by atoms with Gasteiger partial charge in [-0.3, -0.25) is 0 Å². The lowest BCUT2D eigenvalue weighted by atomic mass is 9.82. The van der Waals surface area contributed by atoms with Crippen molar-refractivity contribution < 1.29 is 0 Å². The topological polar surface area (TPSA) is 6.48 Å². The molecule has 19 heavy (non-hydrogen) atoms. The van der Waals surface area contributed by atoms with Crippen LogP contribution in [-0.2, 0) is 0 Å². The summed E-state index contributed by atoms with van der Waals surface area (Å²) in [6, 6.07) is 1.65. The molecule has 0 radical (unpaired) electrons. The van der Waals surface area contributed by atoms with Crippen molar-refractivity contribution in [3.05, 3.63) is 0 Å². The lowest BCUT2D eigenvalue weighted by Crippen LogP contribution is -2.41. The number of nitrogens with zero attached hydrogens (tertiary/aromatic N) is 2. The van der Waals surface area contributed by atoms with Gasteiger partial charge in [0.15, 0.2) is 0 Å². The molecule has 0 aromatic carbocycles. The smallest absolute Gasteiger partial charge is 0.0286 e. The van der Waals surface area contributed by atoms with Crippen molar-refractivity contribution in [1.82, 2.24) is 10.0 Å². The second kappa shape index (κ2) is 8.49. The highest BCUT2D eigenvalue weighted by molar-refractivity contribution is 5.85. The number of hydrogen-bond donors (Lipinski definition) is 0. The van der Waals surface area contributed by atoms with Crippen LogP contribution in [0.5, 0.6) is 0 Å². The molecule has 1 aliphatic carbocycles. The quantitative estimate of drug-likeness (QED) is 0.688. The van der Waals surface area contributed by atoms with E-state index in [-0.39, 0.29) is 12.4 Å². The minimum Gasteiger partial charge on any atom is -0.242 e. The molecule has 1 saturated heterocycles. The Bertz CT molecular complexity index is 241. The van der Waals surface area contributed by atoms with Crippen molar-refractivity contribution in [2.24, 2.45) is 5.92 Å². The Balaban J connectivity index is 0.00000180. The molecular weight excluding hydrogens is 256 g/mol. The van der Waals surface area contributed by atoms with Crippen molar-refractivity contribution in [2.75, 3.05) is 14.1 Å². The third-order valence-electron chi connectivity index (χ3n) is 5.35. The van der Waals surface area contributed by atoms with Gasteiger partial charge in [0.25, 0.3) is 0 Å². The maximum absolute atomic E-state index is 2.56. The maximum atomic E-state index is 2.56. The second-order valence-electron chi connectivity index (χ2n) is 6.50. The van der Waals surface area contributed by atoms with Crippen LogP contribution in [-0.4, -0.2) is 36.2 Å². The van der Waals surface area contributed by atoms with Crippen molar-refractivity contribution in [1.29, 1.82) is 0 Å². The highest BCUT2D eigenvalue weighted by Crippen LogP contribution is 2.36. The lowest BCUT2D eigenvalue weighted by molar-refractivity contribution is 0.00209. The van der Waals surface area contributed by atoms with Gasteiger partial charge in [-0.05, 0) is 31.6 Å². The van der Waals surface area contributed by atoms with E-state index in [2.05, 4.69) is 31.0 Å². The first-order valence-corrected chi connectivity index (χ1v) is 8.19. The molecule has 0 aromatic heterocycles. The minimum absolute atomic E-state index is 0. The monoisotopic (exact) mass is 288 g/mol. The molecule has 0 bridgehead atoms. The predicted octanol–water partition coefficient (Wildman–Crippen LogP) is 4.49. The highest BCUT2D eigenvalue weighted by atomic mass is 35.5. The number of rotatable bonds is 5. The highest BCUT2D eigenvalue weighted by Gasteiger charge is 2.38. The van der Waals surface area contributed by atoms with Crippen molar-refractivity contribution in [2.45, 2.75) is 83.2 Å². The van der Waals surface area contributed by atoms with E-state index in [4.69, 9.17) is 0 Å². The Morgan fingerprint density at radius 3 is 2.26 bits per heavy atom. The van der Waals surface area contributed by atoms with E-state index in [0.717, 1.165) is 18.0 Å². The minimum atomic E-state index is 0. The van der Waals surface area contributed by atoms with Gasteiger partial charge < -0.3 is 0 Å². The van der Waals surface area contributed by atoms with Crippen LogP contribution in [0.15, 0.2) is 0 Å². The second-order valence-corrected chi connectivity index (χ2v) is 6.50. The number of hydrogen-bond acceptors (Lipinski definition) is 2. The third-order valence-corrected chi connectivity index (χ3v) is 5.35. The number of unbranched alkanes of at least 4 members (excludes halogenated alkanes) is 2. The Hall–Kier alpha value is 0.210. The fraction of sp³-hybridized carbons (Fsp3) is 1.00. The molecular formula is C16H33ClN2. The molecule has 114 valence electrons. The van der Waals surface area contributed by atoms with E-state index in [1.165, 1.54) is 64.2 Å². The summed E-state index contributed by atoms with van der Waals surface area (Å²) in [4.78, 5) is 0. The van der Waals surface area contributed by atoms with Gasteiger partial charge in [0.05, 0.1) is 0 Å². The zero-order valence-corrected chi connectivity index (χ0v) is 13.9. The third kappa shape index (κ3) is 4.34. The summed E-state index contributed by atoms with van der Waals surface area (Å²) in [5, 5.41) is 5.10. The van der Waals surface area contributed by atoms with Crippen LogP contribution >= 0.6 is 12.4 Å². The summed E-state index contributed by atoms with van der Waals surface area (Å²) in [6.07, 6.45) is 14.4. The Kier molecular flexibility index (Phi) is 7.71. The van der Waals surface area contributed by atoms with Gasteiger partial charge in [-0.1, -0.05) is 45.4 Å². The SMILES string of the molecule is CCCCCC1CC(C2CCCCC2)N(C)N1C.Cl. The van der Waals surface area contributed by atoms with Gasteiger partial charge in [0, 0.05) is 26.2 Å². The predicted molar refractivity (Wildman–Crippen MR) is 85.7 cm³/mol. The number of halogens is 1.